The number of hydrogen-bond donors (Lipinski definition) is 0. The lowest BCUT2D eigenvalue weighted by Crippen LogP contribution is -2.28. The Morgan fingerprint density at radius 2 is 1.56 bits per heavy atom. The van der Waals surface area contributed by atoms with Gasteiger partial charge in [-0.3, -0.25) is 0 Å². The Morgan fingerprint density at radius 1 is 1.00 bits per heavy atom. The van der Waals surface area contributed by atoms with Crippen molar-refractivity contribution in [2.75, 3.05) is 0 Å². The van der Waals surface area contributed by atoms with Crippen LogP contribution in [0.2, 0.25) is 0 Å². The molecule has 1 rings (SSSR count). The quantitative estimate of drug-likeness (QED) is 0.573. The summed E-state index contributed by atoms with van der Waals surface area (Å²) < 4.78 is 5.21. The molecule has 1 atom stereocenters. The van der Waals surface area contributed by atoms with Crippen molar-refractivity contribution in [3.63, 3.8) is 0 Å². The van der Waals surface area contributed by atoms with Crippen LogP contribution < -0.4 is 3.07 Å². The van der Waals surface area contributed by atoms with Gasteiger partial charge in [-0.15, -0.1) is 0 Å². The highest BCUT2D eigenvalue weighted by Gasteiger charge is 2.31. The van der Waals surface area contributed by atoms with Gasteiger partial charge in [0.1, 0.15) is 5.75 Å². The fourth-order valence-electron chi connectivity index (χ4n) is 2.52. The summed E-state index contributed by atoms with van der Waals surface area (Å²) in [6.07, 6.45) is 3.61. The van der Waals surface area contributed by atoms with Crippen LogP contribution in [0.3, 0.4) is 0 Å². The van der Waals surface area contributed by atoms with E-state index in [9.17, 15) is 0 Å². The maximum absolute atomic E-state index is 5.21. The minimum Gasteiger partial charge on any atom is -0.428 e. The van der Waals surface area contributed by atoms with Gasteiger partial charge in [0, 0.05) is 0 Å². The molecule has 0 fully saturated rings. The Morgan fingerprint density at radius 3 is 1.94 bits per heavy atom. The molecule has 0 N–H and O–H groups in total. The van der Waals surface area contributed by atoms with E-state index in [0.29, 0.717) is 5.41 Å². The molecule has 0 saturated carbocycles. The summed E-state index contributed by atoms with van der Waals surface area (Å²) in [5.41, 5.74) is 2.07. The van der Waals surface area contributed by atoms with Gasteiger partial charge >= 0.3 is 0 Å². The van der Waals surface area contributed by atoms with E-state index in [2.05, 4.69) is 58.9 Å². The Balaban J connectivity index is 2.98. The maximum Gasteiger partial charge on any atom is 0.192 e. The third-order valence-corrected chi connectivity index (χ3v) is 4.76. The van der Waals surface area contributed by atoms with Crippen LogP contribution in [0.25, 0.3) is 0 Å². The standard InChI is InChI=1S/C16H25IO/c1-6-15(3,4)12-16(5,7-2)13-8-10-14(18-17)11-9-13/h8-11H,6-7,12H2,1-5H3. The van der Waals surface area contributed by atoms with Crippen LogP contribution in [0.15, 0.2) is 24.3 Å². The lowest BCUT2D eigenvalue weighted by molar-refractivity contribution is 0.230. The summed E-state index contributed by atoms with van der Waals surface area (Å²) in [6.45, 7) is 11.7. The summed E-state index contributed by atoms with van der Waals surface area (Å²) in [6, 6.07) is 8.55. The first-order valence-electron chi connectivity index (χ1n) is 6.76. The summed E-state index contributed by atoms with van der Waals surface area (Å²) in [4.78, 5) is 0. The monoisotopic (exact) mass is 360 g/mol. The van der Waals surface area contributed by atoms with E-state index >= 15 is 0 Å². The fourth-order valence-corrected chi connectivity index (χ4v) is 2.81. The van der Waals surface area contributed by atoms with Gasteiger partial charge in [0.25, 0.3) is 0 Å². The molecule has 0 bridgehead atoms. The Bertz CT molecular complexity index is 369. The number of rotatable bonds is 6. The van der Waals surface area contributed by atoms with Gasteiger partial charge in [-0.1, -0.05) is 53.2 Å². The van der Waals surface area contributed by atoms with Gasteiger partial charge in [-0.25, -0.2) is 0 Å². The molecule has 1 aromatic rings. The third-order valence-electron chi connectivity index (χ3n) is 4.25. The second-order valence-corrected chi connectivity index (χ2v) is 6.65. The fraction of sp³-hybridized carbons (Fsp3) is 0.625. The van der Waals surface area contributed by atoms with Crippen LogP contribution in [0.1, 0.15) is 59.4 Å². The van der Waals surface area contributed by atoms with Gasteiger partial charge in [-0.05, 0) is 41.4 Å². The molecule has 0 aliphatic rings. The van der Waals surface area contributed by atoms with E-state index in [1.165, 1.54) is 24.8 Å². The van der Waals surface area contributed by atoms with Crippen molar-refractivity contribution in [1.82, 2.24) is 0 Å². The first-order valence-corrected chi connectivity index (χ1v) is 7.64. The van der Waals surface area contributed by atoms with Crippen molar-refractivity contribution < 1.29 is 3.07 Å². The molecule has 1 aromatic carbocycles. The Kier molecular flexibility index (Phi) is 5.50. The summed E-state index contributed by atoms with van der Waals surface area (Å²) in [5, 5.41) is 0. The van der Waals surface area contributed by atoms with E-state index < -0.39 is 0 Å². The molecule has 0 aromatic heterocycles. The molecular weight excluding hydrogens is 335 g/mol. The molecular formula is C16H25IO. The van der Waals surface area contributed by atoms with Crippen molar-refractivity contribution in [2.45, 2.75) is 59.3 Å². The second kappa shape index (κ2) is 6.27. The highest BCUT2D eigenvalue weighted by atomic mass is 127. The van der Waals surface area contributed by atoms with Gasteiger partial charge in [-0.2, -0.15) is 0 Å². The average molecular weight is 360 g/mol. The topological polar surface area (TPSA) is 9.23 Å². The summed E-state index contributed by atoms with van der Waals surface area (Å²) >= 11 is 1.92. The lowest BCUT2D eigenvalue weighted by atomic mass is 9.68. The molecule has 0 aliphatic heterocycles. The van der Waals surface area contributed by atoms with Crippen molar-refractivity contribution in [2.24, 2.45) is 5.41 Å². The smallest absolute Gasteiger partial charge is 0.192 e. The minimum absolute atomic E-state index is 0.253. The molecule has 2 heteroatoms. The molecule has 102 valence electrons. The SMILES string of the molecule is CCC(C)(C)CC(C)(CC)c1ccc(OI)cc1. The largest absolute Gasteiger partial charge is 0.428 e. The zero-order valence-corrected chi connectivity index (χ0v) is 14.4. The molecule has 1 unspecified atom stereocenters. The second-order valence-electron chi connectivity index (χ2n) is 6.21. The van der Waals surface area contributed by atoms with Crippen molar-refractivity contribution in [1.29, 1.82) is 0 Å². The summed E-state index contributed by atoms with van der Waals surface area (Å²) in [7, 11) is 0. The Labute approximate surface area is 126 Å². The summed E-state index contributed by atoms with van der Waals surface area (Å²) in [5.74, 6) is 0.924. The number of hydrogen-bond acceptors (Lipinski definition) is 1. The maximum atomic E-state index is 5.21. The van der Waals surface area contributed by atoms with Crippen LogP contribution >= 0.6 is 23.0 Å². The normalized spacial score (nSPS) is 15.2. The van der Waals surface area contributed by atoms with Crippen LogP contribution in [-0.2, 0) is 5.41 Å². The molecule has 0 saturated heterocycles. The van der Waals surface area contributed by atoms with E-state index in [-0.39, 0.29) is 5.41 Å². The van der Waals surface area contributed by atoms with Crippen molar-refractivity contribution in [3.8, 4) is 5.75 Å². The van der Waals surface area contributed by atoms with Gasteiger partial charge < -0.3 is 3.07 Å². The van der Waals surface area contributed by atoms with Crippen LogP contribution in [0, 0.1) is 5.41 Å². The van der Waals surface area contributed by atoms with E-state index in [1.54, 1.807) is 0 Å². The van der Waals surface area contributed by atoms with Gasteiger partial charge in [0.05, 0.1) is 0 Å². The third kappa shape index (κ3) is 3.87. The number of halogens is 1. The van der Waals surface area contributed by atoms with E-state index in [1.807, 2.05) is 23.0 Å². The van der Waals surface area contributed by atoms with E-state index in [0.717, 1.165) is 5.75 Å². The Hall–Kier alpha value is -0.250. The predicted octanol–water partition coefficient (Wildman–Crippen LogP) is 5.91. The first kappa shape index (κ1) is 15.8. The predicted molar refractivity (Wildman–Crippen MR) is 87.4 cm³/mol. The van der Waals surface area contributed by atoms with Crippen LogP contribution in [0.4, 0.5) is 0 Å². The van der Waals surface area contributed by atoms with Crippen molar-refractivity contribution >= 4 is 23.0 Å². The molecule has 0 radical (unpaired) electrons. The molecule has 0 aliphatic carbocycles. The molecule has 18 heavy (non-hydrogen) atoms. The molecule has 0 spiro atoms. The highest BCUT2D eigenvalue weighted by molar-refractivity contribution is 14.1. The molecule has 0 amide bonds. The van der Waals surface area contributed by atoms with Gasteiger partial charge in [0.15, 0.2) is 23.0 Å². The lowest BCUT2D eigenvalue weighted by Gasteiger charge is -2.37. The highest BCUT2D eigenvalue weighted by Crippen LogP contribution is 2.41. The van der Waals surface area contributed by atoms with Crippen LogP contribution in [-0.4, -0.2) is 0 Å². The zero-order chi connectivity index (χ0) is 13.8. The first-order chi connectivity index (χ1) is 8.37. The zero-order valence-electron chi connectivity index (χ0n) is 12.2. The van der Waals surface area contributed by atoms with Crippen LogP contribution in [0.5, 0.6) is 5.75 Å². The minimum atomic E-state index is 0.253. The van der Waals surface area contributed by atoms with Gasteiger partial charge in [0.2, 0.25) is 0 Å². The van der Waals surface area contributed by atoms with E-state index in [4.69, 9.17) is 3.07 Å². The average Bonchev–Trinajstić information content (AvgIpc) is 2.38. The number of benzene rings is 1. The molecule has 1 nitrogen and oxygen atoms in total. The molecule has 0 heterocycles. The van der Waals surface area contributed by atoms with Crippen molar-refractivity contribution in [3.05, 3.63) is 29.8 Å².